The molecule has 4 saturated carbocycles. The molecule has 0 aromatic rings. The third-order valence-corrected chi connectivity index (χ3v) is 5.10. The maximum absolute atomic E-state index is 11.9. The lowest BCUT2D eigenvalue weighted by molar-refractivity contribution is -0.131. The highest BCUT2D eigenvalue weighted by molar-refractivity contribution is 5.77. The first-order chi connectivity index (χ1) is 8.61. The normalized spacial score (nSPS) is 41.4. The van der Waals surface area contributed by atoms with Gasteiger partial charge in [-0.1, -0.05) is 0 Å². The van der Waals surface area contributed by atoms with Crippen molar-refractivity contribution in [1.29, 1.82) is 0 Å². The Morgan fingerprint density at radius 3 is 2.17 bits per heavy atom. The number of rotatable bonds is 4. The molecule has 0 aromatic carbocycles. The van der Waals surface area contributed by atoms with Crippen molar-refractivity contribution in [2.75, 3.05) is 6.61 Å². The molecular weight excluding hydrogens is 226 g/mol. The summed E-state index contributed by atoms with van der Waals surface area (Å²) in [6.07, 6.45) is 7.00. The van der Waals surface area contributed by atoms with Crippen molar-refractivity contribution in [2.45, 2.75) is 58.1 Å². The molecule has 0 spiro atoms. The molecule has 0 saturated heterocycles. The number of carbonyl (C=O) groups excluding carboxylic acids is 1. The summed E-state index contributed by atoms with van der Waals surface area (Å²) in [5, 5.41) is 3.25. The largest absolute Gasteiger partial charge is 0.369 e. The van der Waals surface area contributed by atoms with Gasteiger partial charge in [-0.2, -0.15) is 0 Å². The van der Waals surface area contributed by atoms with Crippen molar-refractivity contribution < 1.29 is 9.53 Å². The molecule has 102 valence electrons. The molecule has 3 nitrogen and oxygen atoms in total. The van der Waals surface area contributed by atoms with Crippen LogP contribution in [0.25, 0.3) is 0 Å². The smallest absolute Gasteiger partial charge is 0.246 e. The van der Waals surface area contributed by atoms with Gasteiger partial charge in [0.25, 0.3) is 0 Å². The minimum atomic E-state index is 0.0844. The summed E-state index contributed by atoms with van der Waals surface area (Å²) in [6.45, 7) is 4.16. The molecule has 4 rings (SSSR count). The number of amides is 1. The van der Waals surface area contributed by atoms with Gasteiger partial charge in [-0.25, -0.2) is 0 Å². The molecule has 0 unspecified atom stereocenters. The second kappa shape index (κ2) is 4.84. The fourth-order valence-corrected chi connectivity index (χ4v) is 4.63. The summed E-state index contributed by atoms with van der Waals surface area (Å²) >= 11 is 0. The zero-order chi connectivity index (χ0) is 12.7. The summed E-state index contributed by atoms with van der Waals surface area (Å²) in [6, 6.07) is 0.445. The van der Waals surface area contributed by atoms with E-state index in [0.29, 0.717) is 6.04 Å². The average Bonchev–Trinajstić information content (AvgIpc) is 2.30. The zero-order valence-corrected chi connectivity index (χ0v) is 11.5. The molecule has 4 bridgehead atoms. The molecule has 1 amide bonds. The van der Waals surface area contributed by atoms with E-state index in [9.17, 15) is 4.79 Å². The van der Waals surface area contributed by atoms with Crippen LogP contribution >= 0.6 is 0 Å². The van der Waals surface area contributed by atoms with E-state index in [1.807, 2.05) is 13.8 Å². The average molecular weight is 251 g/mol. The van der Waals surface area contributed by atoms with E-state index in [-0.39, 0.29) is 18.6 Å². The van der Waals surface area contributed by atoms with E-state index >= 15 is 0 Å². The molecule has 0 aromatic heterocycles. The van der Waals surface area contributed by atoms with Crippen LogP contribution in [0.2, 0.25) is 0 Å². The van der Waals surface area contributed by atoms with Gasteiger partial charge in [0.05, 0.1) is 6.10 Å². The number of ether oxygens (including phenoxy) is 1. The molecule has 0 radical (unpaired) electrons. The van der Waals surface area contributed by atoms with Crippen molar-refractivity contribution in [3.8, 4) is 0 Å². The van der Waals surface area contributed by atoms with Crippen LogP contribution in [0.3, 0.4) is 0 Å². The highest BCUT2D eigenvalue weighted by atomic mass is 16.5. The highest BCUT2D eigenvalue weighted by Crippen LogP contribution is 2.53. The minimum absolute atomic E-state index is 0.0844. The number of nitrogens with one attached hydrogen (secondary N) is 1. The van der Waals surface area contributed by atoms with E-state index in [4.69, 9.17) is 4.74 Å². The lowest BCUT2D eigenvalue weighted by atomic mass is 9.54. The quantitative estimate of drug-likeness (QED) is 0.833. The van der Waals surface area contributed by atoms with Crippen molar-refractivity contribution in [1.82, 2.24) is 5.32 Å². The van der Waals surface area contributed by atoms with Gasteiger partial charge in [-0.3, -0.25) is 4.79 Å². The summed E-state index contributed by atoms with van der Waals surface area (Å²) in [4.78, 5) is 11.9. The van der Waals surface area contributed by atoms with E-state index in [0.717, 1.165) is 23.7 Å². The van der Waals surface area contributed by atoms with Crippen molar-refractivity contribution in [3.05, 3.63) is 0 Å². The predicted octanol–water partition coefficient (Wildman–Crippen LogP) is 2.35. The molecule has 4 fully saturated rings. The number of carbonyl (C=O) groups is 1. The molecule has 0 atom stereocenters. The van der Waals surface area contributed by atoms with Crippen molar-refractivity contribution in [2.24, 2.45) is 23.7 Å². The van der Waals surface area contributed by atoms with Crippen LogP contribution in [-0.2, 0) is 9.53 Å². The number of hydrogen-bond donors (Lipinski definition) is 1. The zero-order valence-electron chi connectivity index (χ0n) is 11.5. The van der Waals surface area contributed by atoms with Crippen molar-refractivity contribution in [3.63, 3.8) is 0 Å². The van der Waals surface area contributed by atoms with E-state index < -0.39 is 0 Å². The summed E-state index contributed by atoms with van der Waals surface area (Å²) in [5.41, 5.74) is 0. The van der Waals surface area contributed by atoms with Crippen LogP contribution in [-0.4, -0.2) is 24.7 Å². The maximum Gasteiger partial charge on any atom is 0.246 e. The lowest BCUT2D eigenvalue weighted by Crippen LogP contribution is -2.56. The van der Waals surface area contributed by atoms with Crippen LogP contribution in [0, 0.1) is 23.7 Å². The van der Waals surface area contributed by atoms with Gasteiger partial charge in [-0.15, -0.1) is 0 Å². The molecule has 0 heterocycles. The molecule has 4 aliphatic rings. The third kappa shape index (κ3) is 2.42. The van der Waals surface area contributed by atoms with E-state index in [1.54, 1.807) is 0 Å². The van der Waals surface area contributed by atoms with Gasteiger partial charge in [0, 0.05) is 6.04 Å². The van der Waals surface area contributed by atoms with Gasteiger partial charge < -0.3 is 10.1 Å². The summed E-state index contributed by atoms with van der Waals surface area (Å²) in [5.74, 6) is 3.52. The Labute approximate surface area is 110 Å². The Morgan fingerprint density at radius 1 is 1.11 bits per heavy atom. The van der Waals surface area contributed by atoms with Crippen LogP contribution in [0.4, 0.5) is 0 Å². The Kier molecular flexibility index (Phi) is 3.35. The molecule has 18 heavy (non-hydrogen) atoms. The molecule has 4 aliphatic carbocycles. The predicted molar refractivity (Wildman–Crippen MR) is 70.1 cm³/mol. The van der Waals surface area contributed by atoms with Crippen LogP contribution < -0.4 is 5.32 Å². The van der Waals surface area contributed by atoms with Gasteiger partial charge in [0.2, 0.25) is 5.91 Å². The van der Waals surface area contributed by atoms with Gasteiger partial charge in [0.15, 0.2) is 0 Å². The van der Waals surface area contributed by atoms with E-state index in [1.165, 1.54) is 32.1 Å². The lowest BCUT2D eigenvalue weighted by Gasteiger charge is -2.54. The first-order valence-corrected chi connectivity index (χ1v) is 7.52. The summed E-state index contributed by atoms with van der Waals surface area (Å²) in [7, 11) is 0. The molecular formula is C15H25NO2. The second-order valence-electron chi connectivity index (χ2n) is 6.88. The second-order valence-corrected chi connectivity index (χ2v) is 6.88. The van der Waals surface area contributed by atoms with Crippen LogP contribution in [0.15, 0.2) is 0 Å². The van der Waals surface area contributed by atoms with Crippen molar-refractivity contribution >= 4 is 5.91 Å². The molecule has 1 N–H and O–H groups in total. The Balaban J connectivity index is 1.55. The summed E-state index contributed by atoms with van der Waals surface area (Å²) < 4.78 is 5.39. The maximum atomic E-state index is 11.9. The fraction of sp³-hybridized carbons (Fsp3) is 0.933. The Hall–Kier alpha value is -0.570. The highest BCUT2D eigenvalue weighted by Gasteiger charge is 2.48. The van der Waals surface area contributed by atoms with E-state index in [2.05, 4.69) is 5.32 Å². The Bertz CT molecular complexity index is 298. The molecule has 0 aliphatic heterocycles. The monoisotopic (exact) mass is 251 g/mol. The first kappa shape index (κ1) is 12.5. The topological polar surface area (TPSA) is 38.3 Å². The molecule has 3 heteroatoms. The third-order valence-electron chi connectivity index (χ3n) is 5.10. The fourth-order valence-electron chi connectivity index (χ4n) is 4.63. The van der Waals surface area contributed by atoms with Gasteiger partial charge >= 0.3 is 0 Å². The van der Waals surface area contributed by atoms with Crippen LogP contribution in [0.5, 0.6) is 0 Å². The van der Waals surface area contributed by atoms with Crippen LogP contribution in [0.1, 0.15) is 46.0 Å². The standard InChI is InChI=1S/C15H25NO2/c1-9(2)18-8-14(17)16-15-12-4-10-3-11(6-12)7-13(15)5-10/h9-13,15H,3-8H2,1-2H3,(H,16,17). The number of hydrogen-bond acceptors (Lipinski definition) is 2. The SMILES string of the molecule is CC(C)OCC(=O)NC1C2CC3CC(C2)CC1C3. The van der Waals surface area contributed by atoms with Gasteiger partial charge in [-0.05, 0) is 69.6 Å². The minimum Gasteiger partial charge on any atom is -0.369 e. The van der Waals surface area contributed by atoms with Gasteiger partial charge in [0.1, 0.15) is 6.61 Å². The first-order valence-electron chi connectivity index (χ1n) is 7.52. The Morgan fingerprint density at radius 2 is 1.67 bits per heavy atom.